The molecule has 1 unspecified atom stereocenters. The fourth-order valence-corrected chi connectivity index (χ4v) is 2.31. The van der Waals surface area contributed by atoms with Crippen LogP contribution < -0.4 is 20.7 Å². The molecule has 1 fully saturated rings. The van der Waals surface area contributed by atoms with Gasteiger partial charge in [0.2, 0.25) is 5.91 Å². The molecule has 0 radical (unpaired) electrons. The number of piperazine rings is 1. The monoisotopic (exact) mass is 298 g/mol. The highest BCUT2D eigenvalue weighted by Crippen LogP contribution is 2.35. The van der Waals surface area contributed by atoms with Gasteiger partial charge in [-0.3, -0.25) is 14.9 Å². The molecule has 9 heteroatoms. The molecule has 0 bridgehead atoms. The van der Waals surface area contributed by atoms with Crippen LogP contribution in [-0.4, -0.2) is 43.6 Å². The minimum absolute atomic E-state index is 0.114. The van der Waals surface area contributed by atoms with Gasteiger partial charge in [0.1, 0.15) is 11.7 Å². The van der Waals surface area contributed by atoms with E-state index in [9.17, 15) is 19.3 Å². The maximum absolute atomic E-state index is 13.7. The van der Waals surface area contributed by atoms with Gasteiger partial charge in [0, 0.05) is 25.7 Å². The SMILES string of the molecule is COc1cc(N2CCNCC2C(N)=O)c([N+](=O)[O-])cc1F. The zero-order valence-corrected chi connectivity index (χ0v) is 11.3. The molecule has 1 saturated heterocycles. The zero-order chi connectivity index (χ0) is 15.6. The number of ether oxygens (including phenoxy) is 1. The normalized spacial score (nSPS) is 18.4. The van der Waals surface area contributed by atoms with Crippen molar-refractivity contribution in [2.24, 2.45) is 5.73 Å². The first-order valence-corrected chi connectivity index (χ1v) is 6.24. The summed E-state index contributed by atoms with van der Waals surface area (Å²) in [5.74, 6) is -1.57. The topological polar surface area (TPSA) is 111 Å². The number of hydrogen-bond acceptors (Lipinski definition) is 6. The predicted molar refractivity (Wildman–Crippen MR) is 72.8 cm³/mol. The van der Waals surface area contributed by atoms with Crippen LogP contribution in [0.3, 0.4) is 0 Å². The third kappa shape index (κ3) is 2.87. The van der Waals surface area contributed by atoms with Crippen molar-refractivity contribution in [2.45, 2.75) is 6.04 Å². The van der Waals surface area contributed by atoms with Crippen LogP contribution in [0.5, 0.6) is 5.75 Å². The van der Waals surface area contributed by atoms with Gasteiger partial charge in [-0.1, -0.05) is 0 Å². The van der Waals surface area contributed by atoms with Crippen LogP contribution in [0.2, 0.25) is 0 Å². The second-order valence-electron chi connectivity index (χ2n) is 4.55. The minimum atomic E-state index is -0.835. The number of benzene rings is 1. The van der Waals surface area contributed by atoms with Crippen molar-refractivity contribution in [1.82, 2.24) is 5.32 Å². The summed E-state index contributed by atoms with van der Waals surface area (Å²) < 4.78 is 18.5. The fraction of sp³-hybridized carbons (Fsp3) is 0.417. The molecular weight excluding hydrogens is 283 g/mol. The maximum Gasteiger partial charge on any atom is 0.295 e. The molecule has 1 atom stereocenters. The lowest BCUT2D eigenvalue weighted by molar-refractivity contribution is -0.384. The van der Waals surface area contributed by atoms with Crippen LogP contribution >= 0.6 is 0 Å². The second-order valence-corrected chi connectivity index (χ2v) is 4.55. The Hall–Kier alpha value is -2.42. The van der Waals surface area contributed by atoms with Crippen molar-refractivity contribution < 1.29 is 18.8 Å². The van der Waals surface area contributed by atoms with E-state index in [1.54, 1.807) is 0 Å². The van der Waals surface area contributed by atoms with E-state index in [2.05, 4.69) is 5.32 Å². The van der Waals surface area contributed by atoms with E-state index in [1.165, 1.54) is 18.1 Å². The summed E-state index contributed by atoms with van der Waals surface area (Å²) in [6.45, 7) is 1.13. The van der Waals surface area contributed by atoms with E-state index < -0.39 is 28.4 Å². The summed E-state index contributed by atoms with van der Waals surface area (Å²) in [5, 5.41) is 14.1. The highest BCUT2D eigenvalue weighted by molar-refractivity contribution is 5.85. The van der Waals surface area contributed by atoms with Crippen LogP contribution in [0.4, 0.5) is 15.8 Å². The van der Waals surface area contributed by atoms with Crippen molar-refractivity contribution in [3.63, 3.8) is 0 Å². The van der Waals surface area contributed by atoms with E-state index >= 15 is 0 Å². The number of methoxy groups -OCH3 is 1. The molecule has 114 valence electrons. The number of hydrogen-bond donors (Lipinski definition) is 2. The molecular formula is C12H15FN4O4. The molecule has 0 spiro atoms. The average molecular weight is 298 g/mol. The number of rotatable bonds is 4. The lowest BCUT2D eigenvalue weighted by Crippen LogP contribution is -2.57. The fourth-order valence-electron chi connectivity index (χ4n) is 2.31. The van der Waals surface area contributed by atoms with Crippen LogP contribution in [0.15, 0.2) is 12.1 Å². The number of carbonyl (C=O) groups is 1. The Bertz CT molecular complexity index is 581. The first-order valence-electron chi connectivity index (χ1n) is 6.24. The number of nitro groups is 1. The minimum Gasteiger partial charge on any atom is -0.494 e. The average Bonchev–Trinajstić information content (AvgIpc) is 2.46. The number of nitrogens with one attached hydrogen (secondary N) is 1. The summed E-state index contributed by atoms with van der Waals surface area (Å²) in [6, 6.07) is 1.26. The van der Waals surface area contributed by atoms with E-state index in [4.69, 9.17) is 10.5 Å². The Morgan fingerprint density at radius 2 is 2.33 bits per heavy atom. The molecule has 3 N–H and O–H groups in total. The van der Waals surface area contributed by atoms with Crippen LogP contribution in [0.25, 0.3) is 0 Å². The molecule has 0 aromatic heterocycles. The van der Waals surface area contributed by atoms with Gasteiger partial charge >= 0.3 is 0 Å². The molecule has 1 heterocycles. The Kier molecular flexibility index (Phi) is 4.22. The first kappa shape index (κ1) is 15.0. The quantitative estimate of drug-likeness (QED) is 0.598. The molecule has 1 aliphatic heterocycles. The molecule has 1 amide bonds. The second kappa shape index (κ2) is 5.92. The van der Waals surface area contributed by atoms with Crippen LogP contribution in [0.1, 0.15) is 0 Å². The Labute approximate surface area is 119 Å². The number of anilines is 1. The van der Waals surface area contributed by atoms with Gasteiger partial charge in [-0.15, -0.1) is 0 Å². The van der Waals surface area contributed by atoms with Gasteiger partial charge in [-0.25, -0.2) is 4.39 Å². The van der Waals surface area contributed by atoms with Crippen molar-refractivity contribution in [3.05, 3.63) is 28.1 Å². The first-order chi connectivity index (χ1) is 9.95. The molecule has 21 heavy (non-hydrogen) atoms. The summed E-state index contributed by atoms with van der Waals surface area (Å²) in [4.78, 5) is 23.4. The van der Waals surface area contributed by atoms with Crippen molar-refractivity contribution in [1.29, 1.82) is 0 Å². The lowest BCUT2D eigenvalue weighted by atomic mass is 10.1. The lowest BCUT2D eigenvalue weighted by Gasteiger charge is -2.35. The number of nitrogens with zero attached hydrogens (tertiary/aromatic N) is 2. The van der Waals surface area contributed by atoms with Crippen molar-refractivity contribution in [3.8, 4) is 5.75 Å². The summed E-state index contributed by atoms with van der Waals surface area (Å²) >= 11 is 0. The van der Waals surface area contributed by atoms with Crippen LogP contribution in [0, 0.1) is 15.9 Å². The van der Waals surface area contributed by atoms with E-state index in [0.717, 1.165) is 6.07 Å². The molecule has 0 saturated carbocycles. The van der Waals surface area contributed by atoms with Crippen LogP contribution in [-0.2, 0) is 4.79 Å². The van der Waals surface area contributed by atoms with E-state index in [1.807, 2.05) is 0 Å². The van der Waals surface area contributed by atoms with Gasteiger partial charge in [-0.2, -0.15) is 0 Å². The van der Waals surface area contributed by atoms with Gasteiger partial charge in [0.15, 0.2) is 11.6 Å². The Morgan fingerprint density at radius 3 is 2.90 bits per heavy atom. The van der Waals surface area contributed by atoms with Gasteiger partial charge < -0.3 is 20.7 Å². The summed E-state index contributed by atoms with van der Waals surface area (Å²) in [7, 11) is 1.26. The molecule has 0 aliphatic carbocycles. The number of nitro benzene ring substituents is 1. The Morgan fingerprint density at radius 1 is 1.62 bits per heavy atom. The number of primary amides is 1. The summed E-state index contributed by atoms with van der Waals surface area (Å²) in [5.41, 5.74) is 5.01. The smallest absolute Gasteiger partial charge is 0.295 e. The van der Waals surface area contributed by atoms with Gasteiger partial charge in [0.05, 0.1) is 18.1 Å². The molecule has 1 aliphatic rings. The highest BCUT2D eigenvalue weighted by Gasteiger charge is 2.32. The maximum atomic E-state index is 13.7. The number of carbonyl (C=O) groups excluding carboxylic acids is 1. The standard InChI is InChI=1S/C12H15FN4O4/c1-21-11-5-8(9(17(19)20)4-7(11)13)16-3-2-15-6-10(16)12(14)18/h4-5,10,15H,2-3,6H2,1H3,(H2,14,18). The van der Waals surface area contributed by atoms with Crippen molar-refractivity contribution >= 4 is 17.3 Å². The van der Waals surface area contributed by atoms with Crippen molar-refractivity contribution in [2.75, 3.05) is 31.6 Å². The summed E-state index contributed by atoms with van der Waals surface area (Å²) in [6.07, 6.45) is 0. The van der Waals surface area contributed by atoms with E-state index in [0.29, 0.717) is 13.1 Å². The highest BCUT2D eigenvalue weighted by atomic mass is 19.1. The third-order valence-corrected chi connectivity index (χ3v) is 3.33. The third-order valence-electron chi connectivity index (χ3n) is 3.33. The zero-order valence-electron chi connectivity index (χ0n) is 11.3. The number of halogens is 1. The molecule has 2 rings (SSSR count). The van der Waals surface area contributed by atoms with E-state index in [-0.39, 0.29) is 18.0 Å². The largest absolute Gasteiger partial charge is 0.494 e. The molecule has 1 aromatic carbocycles. The van der Waals surface area contributed by atoms with Gasteiger partial charge in [0.25, 0.3) is 5.69 Å². The van der Waals surface area contributed by atoms with Gasteiger partial charge in [-0.05, 0) is 0 Å². The number of nitrogens with two attached hydrogens (primary N) is 1. The Balaban J connectivity index is 2.53. The number of amides is 1. The molecule has 8 nitrogen and oxygen atoms in total. The molecule has 1 aromatic rings. The predicted octanol–water partition coefficient (Wildman–Crippen LogP) is 0.00600.